The maximum absolute atomic E-state index is 5.89. The second-order valence-electron chi connectivity index (χ2n) is 6.10. The molecule has 136 valence electrons. The summed E-state index contributed by atoms with van der Waals surface area (Å²) in [4.78, 5) is 16.2. The fourth-order valence-corrected chi connectivity index (χ4v) is 4.00. The van der Waals surface area contributed by atoms with Gasteiger partial charge in [0, 0.05) is 30.7 Å². The van der Waals surface area contributed by atoms with Gasteiger partial charge in [-0.25, -0.2) is 15.0 Å². The molecule has 0 aliphatic rings. The number of ether oxygens (including phenoxy) is 1. The molecule has 0 N–H and O–H groups in total. The van der Waals surface area contributed by atoms with Crippen LogP contribution in [0.1, 0.15) is 5.56 Å². The van der Waals surface area contributed by atoms with E-state index in [1.165, 1.54) is 0 Å². The Hall–Kier alpha value is -2.70. The van der Waals surface area contributed by atoms with E-state index < -0.39 is 0 Å². The lowest BCUT2D eigenvalue weighted by Crippen LogP contribution is -2.18. The number of pyridine rings is 1. The zero-order valence-electron chi connectivity index (χ0n) is 14.9. The van der Waals surface area contributed by atoms with Crippen molar-refractivity contribution in [3.63, 3.8) is 0 Å². The van der Waals surface area contributed by atoms with E-state index in [0.717, 1.165) is 38.5 Å². The number of thiophene rings is 1. The summed E-state index contributed by atoms with van der Waals surface area (Å²) in [7, 11) is 3.69. The quantitative estimate of drug-likeness (QED) is 0.442. The summed E-state index contributed by atoms with van der Waals surface area (Å²) < 4.78 is 5.27. The van der Waals surface area contributed by atoms with Gasteiger partial charge in [-0.3, -0.25) is 0 Å². The minimum absolute atomic E-state index is 0.491. The first kappa shape index (κ1) is 17.7. The molecule has 0 atom stereocenters. The second-order valence-corrected chi connectivity index (χ2v) is 7.35. The zero-order chi connectivity index (χ0) is 18.8. The molecule has 7 heteroatoms. The standard InChI is InChI=1S/C20H17ClN4OS/c1-25(10-13-3-8-17(21)22-9-13)19-18-16(11-27-20(18)24-12-23-19)14-4-6-15(26-2)7-5-14/h3-9,11-12H,10H2,1-2H3. The molecule has 0 radical (unpaired) electrons. The maximum atomic E-state index is 5.89. The van der Waals surface area contributed by atoms with Crippen molar-refractivity contribution in [2.45, 2.75) is 6.54 Å². The van der Waals surface area contributed by atoms with Crippen molar-refractivity contribution in [1.82, 2.24) is 15.0 Å². The molecule has 1 aromatic carbocycles. The molecule has 0 saturated heterocycles. The lowest BCUT2D eigenvalue weighted by molar-refractivity contribution is 0.415. The molecule has 0 amide bonds. The van der Waals surface area contributed by atoms with E-state index in [1.54, 1.807) is 37.0 Å². The van der Waals surface area contributed by atoms with Crippen LogP contribution in [0.15, 0.2) is 54.3 Å². The van der Waals surface area contributed by atoms with E-state index >= 15 is 0 Å². The van der Waals surface area contributed by atoms with Crippen LogP contribution in [0.3, 0.4) is 0 Å². The minimum atomic E-state index is 0.491. The molecule has 3 aromatic heterocycles. The number of aromatic nitrogens is 3. The average Bonchev–Trinajstić information content (AvgIpc) is 3.14. The number of hydrogen-bond acceptors (Lipinski definition) is 6. The maximum Gasteiger partial charge on any atom is 0.141 e. The SMILES string of the molecule is COc1ccc(-c2csc3ncnc(N(C)Cc4ccc(Cl)nc4)c23)cc1. The Labute approximate surface area is 166 Å². The molecule has 4 aromatic rings. The smallest absolute Gasteiger partial charge is 0.141 e. The number of fused-ring (bicyclic) bond motifs is 1. The van der Waals surface area contributed by atoms with Gasteiger partial charge in [0.25, 0.3) is 0 Å². The lowest BCUT2D eigenvalue weighted by Gasteiger charge is -2.19. The third-order valence-corrected chi connectivity index (χ3v) is 5.43. The number of benzene rings is 1. The molecule has 3 heterocycles. The van der Waals surface area contributed by atoms with Crippen LogP contribution < -0.4 is 9.64 Å². The Kier molecular flexibility index (Phi) is 4.92. The number of rotatable bonds is 5. The Morgan fingerprint density at radius 1 is 1.07 bits per heavy atom. The Balaban J connectivity index is 1.74. The van der Waals surface area contributed by atoms with E-state index in [9.17, 15) is 0 Å². The largest absolute Gasteiger partial charge is 0.497 e. The molecular formula is C20H17ClN4OS. The fourth-order valence-electron chi connectivity index (χ4n) is 2.98. The predicted octanol–water partition coefficient (Wildman–Crippen LogP) is 5.05. The zero-order valence-corrected chi connectivity index (χ0v) is 16.5. The van der Waals surface area contributed by atoms with Crippen molar-refractivity contribution in [2.75, 3.05) is 19.1 Å². The second kappa shape index (κ2) is 7.50. The summed E-state index contributed by atoms with van der Waals surface area (Å²) in [5.74, 6) is 1.73. The van der Waals surface area contributed by atoms with E-state index in [-0.39, 0.29) is 0 Å². The normalized spacial score (nSPS) is 10.9. The van der Waals surface area contributed by atoms with Crippen LogP contribution in [0.4, 0.5) is 5.82 Å². The van der Waals surface area contributed by atoms with Gasteiger partial charge in [0.05, 0.1) is 12.5 Å². The Morgan fingerprint density at radius 3 is 2.59 bits per heavy atom. The predicted molar refractivity (Wildman–Crippen MR) is 111 cm³/mol. The van der Waals surface area contributed by atoms with Crippen molar-refractivity contribution >= 4 is 39.0 Å². The Morgan fingerprint density at radius 2 is 1.89 bits per heavy atom. The van der Waals surface area contributed by atoms with Crippen LogP contribution in [0.25, 0.3) is 21.3 Å². The van der Waals surface area contributed by atoms with Crippen molar-refractivity contribution < 1.29 is 4.74 Å². The number of anilines is 1. The van der Waals surface area contributed by atoms with Gasteiger partial charge >= 0.3 is 0 Å². The van der Waals surface area contributed by atoms with E-state index in [0.29, 0.717) is 11.7 Å². The molecule has 0 aliphatic carbocycles. The van der Waals surface area contributed by atoms with Crippen LogP contribution >= 0.6 is 22.9 Å². The third-order valence-electron chi connectivity index (χ3n) is 4.32. The molecule has 0 unspecified atom stereocenters. The van der Waals surface area contributed by atoms with Gasteiger partial charge in [0.1, 0.15) is 27.9 Å². The first-order valence-electron chi connectivity index (χ1n) is 8.34. The molecule has 0 aliphatic heterocycles. The highest BCUT2D eigenvalue weighted by atomic mass is 35.5. The summed E-state index contributed by atoms with van der Waals surface area (Å²) in [6, 6.07) is 11.8. The van der Waals surface area contributed by atoms with Crippen molar-refractivity contribution in [2.24, 2.45) is 0 Å². The van der Waals surface area contributed by atoms with Gasteiger partial charge in [-0.2, -0.15) is 0 Å². The van der Waals surface area contributed by atoms with Crippen LogP contribution in [0.5, 0.6) is 5.75 Å². The molecule has 0 bridgehead atoms. The van der Waals surface area contributed by atoms with Crippen molar-refractivity contribution in [3.8, 4) is 16.9 Å². The summed E-state index contributed by atoms with van der Waals surface area (Å²) in [5, 5.41) is 3.67. The topological polar surface area (TPSA) is 51.1 Å². The summed E-state index contributed by atoms with van der Waals surface area (Å²) >= 11 is 7.51. The summed E-state index contributed by atoms with van der Waals surface area (Å²) in [6.45, 7) is 0.675. The molecule has 0 saturated carbocycles. The highest BCUT2D eigenvalue weighted by Crippen LogP contribution is 2.38. The number of methoxy groups -OCH3 is 1. The van der Waals surface area contributed by atoms with Crippen molar-refractivity contribution in [3.05, 3.63) is 65.0 Å². The third kappa shape index (κ3) is 3.59. The van der Waals surface area contributed by atoms with Crippen LogP contribution in [0.2, 0.25) is 5.15 Å². The van der Waals surface area contributed by atoms with Gasteiger partial charge < -0.3 is 9.64 Å². The Bertz CT molecular complexity index is 1060. The molecule has 0 spiro atoms. The van der Waals surface area contributed by atoms with Crippen LogP contribution in [0, 0.1) is 0 Å². The first-order chi connectivity index (χ1) is 13.2. The monoisotopic (exact) mass is 396 g/mol. The molecule has 5 nitrogen and oxygen atoms in total. The van der Waals surface area contributed by atoms with Gasteiger partial charge in [-0.05, 0) is 29.3 Å². The van der Waals surface area contributed by atoms with Gasteiger partial charge in [0.2, 0.25) is 0 Å². The van der Waals surface area contributed by atoms with E-state index in [2.05, 4.69) is 37.4 Å². The first-order valence-corrected chi connectivity index (χ1v) is 9.59. The molecular weight excluding hydrogens is 380 g/mol. The van der Waals surface area contributed by atoms with Crippen molar-refractivity contribution in [1.29, 1.82) is 0 Å². The molecule has 27 heavy (non-hydrogen) atoms. The molecule has 4 rings (SSSR count). The van der Waals surface area contributed by atoms with E-state index in [4.69, 9.17) is 16.3 Å². The lowest BCUT2D eigenvalue weighted by atomic mass is 10.1. The number of nitrogens with zero attached hydrogens (tertiary/aromatic N) is 4. The number of hydrogen-bond donors (Lipinski definition) is 0. The summed E-state index contributed by atoms with van der Waals surface area (Å²) in [5.41, 5.74) is 3.30. The highest BCUT2D eigenvalue weighted by Gasteiger charge is 2.16. The minimum Gasteiger partial charge on any atom is -0.497 e. The highest BCUT2D eigenvalue weighted by molar-refractivity contribution is 7.17. The van der Waals surface area contributed by atoms with Gasteiger partial charge in [-0.1, -0.05) is 29.8 Å². The molecule has 0 fully saturated rings. The number of halogens is 1. The fraction of sp³-hybridized carbons (Fsp3) is 0.150. The van der Waals surface area contributed by atoms with Gasteiger partial charge in [-0.15, -0.1) is 11.3 Å². The van der Waals surface area contributed by atoms with Crippen LogP contribution in [-0.2, 0) is 6.54 Å². The van der Waals surface area contributed by atoms with Gasteiger partial charge in [0.15, 0.2) is 0 Å². The van der Waals surface area contributed by atoms with E-state index in [1.807, 2.05) is 25.2 Å². The average molecular weight is 397 g/mol. The summed E-state index contributed by atoms with van der Waals surface area (Å²) in [6.07, 6.45) is 3.40. The van der Waals surface area contributed by atoms with Crippen LogP contribution in [-0.4, -0.2) is 29.1 Å².